The van der Waals surface area contributed by atoms with Crippen molar-refractivity contribution in [3.63, 3.8) is 0 Å². The second kappa shape index (κ2) is 8.77. The second-order valence-electron chi connectivity index (χ2n) is 7.56. The van der Waals surface area contributed by atoms with Gasteiger partial charge in [0.25, 0.3) is 6.43 Å². The highest BCUT2D eigenvalue weighted by Crippen LogP contribution is 2.44. The number of ether oxygens (including phenoxy) is 2. The van der Waals surface area contributed by atoms with Gasteiger partial charge in [-0.3, -0.25) is 4.98 Å². The van der Waals surface area contributed by atoms with Crippen LogP contribution in [0.2, 0.25) is 0 Å². The lowest BCUT2D eigenvalue weighted by atomic mass is 10.0. The number of aliphatic hydroxyl groups is 1. The van der Waals surface area contributed by atoms with Crippen molar-refractivity contribution in [2.45, 2.75) is 58.9 Å². The molecule has 0 bridgehead atoms. The predicted octanol–water partition coefficient (Wildman–Crippen LogP) is 4.63. The van der Waals surface area contributed by atoms with Crippen LogP contribution >= 0.6 is 0 Å². The summed E-state index contributed by atoms with van der Waals surface area (Å²) in [5, 5.41) is 13.7. The van der Waals surface area contributed by atoms with Gasteiger partial charge in [0.05, 0.1) is 18.3 Å². The first-order valence-electron chi connectivity index (χ1n) is 9.16. The highest BCUT2D eigenvalue weighted by molar-refractivity contribution is 5.89. The number of hydrogen-bond acceptors (Lipinski definition) is 6. The van der Waals surface area contributed by atoms with Gasteiger partial charge in [-0.25, -0.2) is 18.3 Å². The molecule has 1 N–H and O–H groups in total. The Morgan fingerprint density at radius 3 is 2.32 bits per heavy atom. The molecule has 0 amide bonds. The van der Waals surface area contributed by atoms with Crippen LogP contribution in [0.25, 0.3) is 0 Å². The summed E-state index contributed by atoms with van der Waals surface area (Å²) in [4.78, 5) is 15.7. The molecule has 0 aliphatic heterocycles. The zero-order chi connectivity index (χ0) is 23.7. The van der Waals surface area contributed by atoms with E-state index in [2.05, 4.69) is 10.1 Å². The van der Waals surface area contributed by atoms with E-state index in [-0.39, 0.29) is 23.7 Å². The highest BCUT2D eigenvalue weighted by atomic mass is 19.4. The van der Waals surface area contributed by atoms with E-state index in [1.807, 2.05) is 0 Å². The molecule has 0 spiro atoms. The Hall–Kier alpha value is -2.76. The fourth-order valence-corrected chi connectivity index (χ4v) is 2.75. The Morgan fingerprint density at radius 2 is 1.84 bits per heavy atom. The maximum Gasteiger partial charge on any atom is 0.420 e. The summed E-state index contributed by atoms with van der Waals surface area (Å²) < 4.78 is 78.7. The highest BCUT2D eigenvalue weighted by Gasteiger charge is 2.41. The van der Waals surface area contributed by atoms with Crippen molar-refractivity contribution in [1.29, 1.82) is 0 Å². The van der Waals surface area contributed by atoms with Gasteiger partial charge < -0.3 is 14.6 Å². The van der Waals surface area contributed by atoms with E-state index >= 15 is 0 Å². The molecule has 2 aromatic rings. The normalized spacial score (nSPS) is 13.4. The molecular formula is C19H22F5N3O4. The van der Waals surface area contributed by atoms with Gasteiger partial charge in [0.1, 0.15) is 11.7 Å². The standard InChI is InChI=1S/C19H22F5N3O4/c1-6-30-17(29)13-9(2)16(27(26-13)18(3,4)5)31-11-8-25-7-10(14(28)15(20)21)12(11)19(22,23)24/h7-8,14-15,28H,6H2,1-5H3. The minimum Gasteiger partial charge on any atom is -0.461 e. The van der Waals surface area contributed by atoms with Gasteiger partial charge in [0, 0.05) is 17.3 Å². The van der Waals surface area contributed by atoms with Crippen LogP contribution < -0.4 is 4.74 Å². The molecule has 0 saturated heterocycles. The topological polar surface area (TPSA) is 86.5 Å². The average Bonchev–Trinajstić information content (AvgIpc) is 2.97. The van der Waals surface area contributed by atoms with Crippen molar-refractivity contribution in [3.8, 4) is 11.6 Å². The van der Waals surface area contributed by atoms with Gasteiger partial charge in [-0.15, -0.1) is 0 Å². The molecule has 0 aliphatic carbocycles. The lowest BCUT2D eigenvalue weighted by Gasteiger charge is -2.24. The van der Waals surface area contributed by atoms with E-state index in [0.717, 1.165) is 0 Å². The molecule has 0 radical (unpaired) electrons. The van der Waals surface area contributed by atoms with Gasteiger partial charge in [-0.05, 0) is 34.6 Å². The number of rotatable bonds is 6. The van der Waals surface area contributed by atoms with E-state index in [1.54, 1.807) is 27.7 Å². The first kappa shape index (κ1) is 24.5. The van der Waals surface area contributed by atoms with Gasteiger partial charge in [0.15, 0.2) is 11.4 Å². The van der Waals surface area contributed by atoms with Crippen LogP contribution in [0.15, 0.2) is 12.4 Å². The lowest BCUT2D eigenvalue weighted by Crippen LogP contribution is -2.24. The molecule has 0 aromatic carbocycles. The minimum absolute atomic E-state index is 0.0482. The fourth-order valence-electron chi connectivity index (χ4n) is 2.75. The monoisotopic (exact) mass is 451 g/mol. The number of alkyl halides is 5. The number of carbonyl (C=O) groups is 1. The number of halogens is 5. The molecule has 31 heavy (non-hydrogen) atoms. The summed E-state index contributed by atoms with van der Waals surface area (Å²) in [6, 6.07) is 0. The summed E-state index contributed by atoms with van der Waals surface area (Å²) in [5.74, 6) is -1.95. The molecule has 172 valence electrons. The maximum absolute atomic E-state index is 13.7. The fraction of sp³-hybridized carbons (Fsp3) is 0.526. The van der Waals surface area contributed by atoms with Gasteiger partial charge in [-0.1, -0.05) is 0 Å². The molecule has 1 atom stereocenters. The van der Waals surface area contributed by atoms with Crippen molar-refractivity contribution < 1.29 is 41.3 Å². The molecule has 2 heterocycles. The van der Waals surface area contributed by atoms with Crippen molar-refractivity contribution in [1.82, 2.24) is 14.8 Å². The van der Waals surface area contributed by atoms with Gasteiger partial charge >= 0.3 is 12.1 Å². The van der Waals surface area contributed by atoms with Crippen molar-refractivity contribution in [3.05, 3.63) is 34.8 Å². The summed E-state index contributed by atoms with van der Waals surface area (Å²) in [5.41, 5.74) is -3.66. The molecule has 7 nitrogen and oxygen atoms in total. The first-order chi connectivity index (χ1) is 14.2. The summed E-state index contributed by atoms with van der Waals surface area (Å²) in [6.07, 6.45) is -10.2. The van der Waals surface area contributed by atoms with E-state index in [4.69, 9.17) is 9.47 Å². The number of esters is 1. The molecule has 0 fully saturated rings. The van der Waals surface area contributed by atoms with E-state index < -0.39 is 47.1 Å². The average molecular weight is 451 g/mol. The first-order valence-corrected chi connectivity index (χ1v) is 9.16. The molecule has 1 unspecified atom stereocenters. The largest absolute Gasteiger partial charge is 0.461 e. The second-order valence-corrected chi connectivity index (χ2v) is 7.56. The van der Waals surface area contributed by atoms with Crippen molar-refractivity contribution in [2.75, 3.05) is 6.61 Å². The third-order valence-electron chi connectivity index (χ3n) is 4.16. The third kappa shape index (κ3) is 5.12. The Kier molecular flexibility index (Phi) is 6.94. The van der Waals surface area contributed by atoms with Gasteiger partial charge in [0.2, 0.25) is 5.88 Å². The Bertz CT molecular complexity index is 951. The van der Waals surface area contributed by atoms with Crippen LogP contribution in [0, 0.1) is 6.92 Å². The summed E-state index contributed by atoms with van der Waals surface area (Å²) >= 11 is 0. The lowest BCUT2D eigenvalue weighted by molar-refractivity contribution is -0.141. The Morgan fingerprint density at radius 1 is 1.23 bits per heavy atom. The molecule has 0 aliphatic rings. The molecule has 2 aromatic heterocycles. The van der Waals surface area contributed by atoms with Crippen LogP contribution in [-0.4, -0.2) is 38.9 Å². The minimum atomic E-state index is -5.14. The van der Waals surface area contributed by atoms with Crippen LogP contribution in [0.1, 0.15) is 61.0 Å². The van der Waals surface area contributed by atoms with Crippen LogP contribution in [0.4, 0.5) is 22.0 Å². The number of carbonyl (C=O) groups excluding carboxylic acids is 1. The molecule has 2 rings (SSSR count). The maximum atomic E-state index is 13.7. The molecule has 12 heteroatoms. The van der Waals surface area contributed by atoms with Gasteiger partial charge in [-0.2, -0.15) is 18.3 Å². The summed E-state index contributed by atoms with van der Waals surface area (Å²) in [6.45, 7) is 8.03. The molecule has 0 saturated carbocycles. The zero-order valence-electron chi connectivity index (χ0n) is 17.4. The van der Waals surface area contributed by atoms with Crippen molar-refractivity contribution >= 4 is 5.97 Å². The quantitative estimate of drug-likeness (QED) is 0.509. The smallest absolute Gasteiger partial charge is 0.420 e. The van der Waals surface area contributed by atoms with E-state index in [1.165, 1.54) is 11.6 Å². The van der Waals surface area contributed by atoms with Crippen LogP contribution in [0.5, 0.6) is 11.6 Å². The number of aromatic nitrogens is 3. The van der Waals surface area contributed by atoms with E-state index in [0.29, 0.717) is 12.4 Å². The summed E-state index contributed by atoms with van der Waals surface area (Å²) in [7, 11) is 0. The predicted molar refractivity (Wildman–Crippen MR) is 98.2 cm³/mol. The van der Waals surface area contributed by atoms with Crippen LogP contribution in [0.3, 0.4) is 0 Å². The zero-order valence-corrected chi connectivity index (χ0v) is 17.4. The number of nitrogens with zero attached hydrogens (tertiary/aromatic N) is 3. The third-order valence-corrected chi connectivity index (χ3v) is 4.16. The van der Waals surface area contributed by atoms with Crippen LogP contribution in [-0.2, 0) is 16.5 Å². The van der Waals surface area contributed by atoms with Crippen molar-refractivity contribution in [2.24, 2.45) is 0 Å². The Labute approximate surface area is 174 Å². The molecular weight excluding hydrogens is 429 g/mol. The Balaban J connectivity index is 2.71. The number of aliphatic hydroxyl groups excluding tert-OH is 1. The number of pyridine rings is 1. The number of hydrogen-bond donors (Lipinski definition) is 1. The van der Waals surface area contributed by atoms with E-state index in [9.17, 15) is 31.9 Å². The SMILES string of the molecule is CCOC(=O)c1nn(C(C)(C)C)c(Oc2cncc(C(O)C(F)F)c2C(F)(F)F)c1C.